The maximum Gasteiger partial charge on any atom is 0.313 e. The van der Waals surface area contributed by atoms with Crippen molar-refractivity contribution in [2.75, 3.05) is 26.3 Å². The Kier molecular flexibility index (Phi) is 4.27. The number of carbonyl (C=O) groups is 1. The third-order valence-corrected chi connectivity index (χ3v) is 5.52. The molecular weight excluding hydrogens is 316 g/mol. The number of carboxylic acid groups (broad SMARTS) is 1. The zero-order valence-electron chi connectivity index (χ0n) is 14.1. The Labute approximate surface area is 147 Å². The summed E-state index contributed by atoms with van der Waals surface area (Å²) >= 11 is 0. The zero-order valence-corrected chi connectivity index (χ0v) is 14.1. The summed E-state index contributed by atoms with van der Waals surface area (Å²) in [5.74, 6) is -0.528. The monoisotopic (exact) mass is 338 g/mol. The normalized spacial score (nSPS) is 26.3. The van der Waals surface area contributed by atoms with Gasteiger partial charge in [0.25, 0.3) is 0 Å². The molecule has 2 aliphatic rings. The highest BCUT2D eigenvalue weighted by atomic mass is 16.5. The van der Waals surface area contributed by atoms with Crippen LogP contribution in [-0.4, -0.2) is 47.3 Å². The fraction of sp³-hybridized carbons (Fsp3) is 0.400. The molecule has 0 amide bonds. The van der Waals surface area contributed by atoms with Crippen molar-refractivity contribution < 1.29 is 14.6 Å². The van der Waals surface area contributed by atoms with E-state index < -0.39 is 11.4 Å². The largest absolute Gasteiger partial charge is 0.481 e. The summed E-state index contributed by atoms with van der Waals surface area (Å²) in [4.78, 5) is 18.3. The second-order valence-corrected chi connectivity index (χ2v) is 7.11. The molecule has 0 bridgehead atoms. The van der Waals surface area contributed by atoms with E-state index in [1.165, 1.54) is 5.56 Å². The van der Waals surface area contributed by atoms with Gasteiger partial charge in [0.1, 0.15) is 5.41 Å². The minimum absolute atomic E-state index is 0.188. The van der Waals surface area contributed by atoms with E-state index in [1.807, 2.05) is 18.3 Å². The molecule has 5 nitrogen and oxygen atoms in total. The summed E-state index contributed by atoms with van der Waals surface area (Å²) in [6, 6.07) is 12.4. The van der Waals surface area contributed by atoms with E-state index in [0.717, 1.165) is 30.6 Å². The van der Waals surface area contributed by atoms with E-state index in [0.29, 0.717) is 19.8 Å². The van der Waals surface area contributed by atoms with Crippen LogP contribution < -0.4 is 0 Å². The molecule has 0 unspecified atom stereocenters. The van der Waals surface area contributed by atoms with Crippen LogP contribution in [0, 0.1) is 11.3 Å². The second kappa shape index (κ2) is 6.58. The summed E-state index contributed by atoms with van der Waals surface area (Å²) in [7, 11) is 0. The molecule has 1 aromatic carbocycles. The molecule has 0 saturated carbocycles. The van der Waals surface area contributed by atoms with E-state index in [4.69, 9.17) is 4.74 Å². The Hall–Kier alpha value is -2.24. The van der Waals surface area contributed by atoms with Crippen LogP contribution in [0.3, 0.4) is 0 Å². The lowest BCUT2D eigenvalue weighted by Crippen LogP contribution is -2.46. The third-order valence-electron chi connectivity index (χ3n) is 5.52. The lowest BCUT2D eigenvalue weighted by molar-refractivity contribution is -0.159. The van der Waals surface area contributed by atoms with Gasteiger partial charge in [0.2, 0.25) is 0 Å². The van der Waals surface area contributed by atoms with Gasteiger partial charge in [-0.15, -0.1) is 0 Å². The molecule has 5 heteroatoms. The summed E-state index contributed by atoms with van der Waals surface area (Å²) < 4.78 is 5.50. The molecule has 1 aromatic heterocycles. The Bertz CT molecular complexity index is 747. The van der Waals surface area contributed by atoms with Gasteiger partial charge >= 0.3 is 5.97 Å². The van der Waals surface area contributed by atoms with Gasteiger partial charge in [0, 0.05) is 38.6 Å². The number of hydrogen-bond acceptors (Lipinski definition) is 4. The van der Waals surface area contributed by atoms with Crippen LogP contribution in [0.4, 0.5) is 0 Å². The highest BCUT2D eigenvalue weighted by molar-refractivity contribution is 5.76. The third kappa shape index (κ3) is 3.05. The first-order chi connectivity index (χ1) is 12.2. The average Bonchev–Trinajstić information content (AvgIpc) is 3.02. The summed E-state index contributed by atoms with van der Waals surface area (Å²) in [6.45, 7) is 3.19. The first-order valence-electron chi connectivity index (χ1n) is 8.70. The smallest absolute Gasteiger partial charge is 0.313 e. The molecule has 2 aromatic rings. The summed E-state index contributed by atoms with van der Waals surface area (Å²) in [5.41, 5.74) is 2.71. The van der Waals surface area contributed by atoms with Gasteiger partial charge in [-0.2, -0.15) is 0 Å². The number of ether oxygens (including phenoxy) is 1. The van der Waals surface area contributed by atoms with Crippen molar-refractivity contribution in [1.82, 2.24) is 9.88 Å². The predicted octanol–water partition coefficient (Wildman–Crippen LogP) is 2.67. The maximum absolute atomic E-state index is 11.8. The molecule has 0 spiro atoms. The molecule has 1 N–H and O–H groups in total. The van der Waals surface area contributed by atoms with Crippen molar-refractivity contribution in [3.05, 3.63) is 54.4 Å². The Morgan fingerprint density at radius 3 is 2.80 bits per heavy atom. The average molecular weight is 338 g/mol. The van der Waals surface area contributed by atoms with Gasteiger partial charge in [0.05, 0.1) is 6.61 Å². The van der Waals surface area contributed by atoms with Crippen LogP contribution in [0.25, 0.3) is 11.1 Å². The second-order valence-electron chi connectivity index (χ2n) is 7.11. The molecule has 4 rings (SSSR count). The molecule has 2 fully saturated rings. The minimum Gasteiger partial charge on any atom is -0.481 e. The van der Waals surface area contributed by atoms with Crippen molar-refractivity contribution in [3.63, 3.8) is 0 Å². The van der Waals surface area contributed by atoms with Crippen LogP contribution in [0.5, 0.6) is 0 Å². The van der Waals surface area contributed by atoms with Crippen LogP contribution in [-0.2, 0) is 16.1 Å². The first kappa shape index (κ1) is 16.2. The summed E-state index contributed by atoms with van der Waals surface area (Å²) in [5, 5.41) is 9.73. The van der Waals surface area contributed by atoms with Gasteiger partial charge in [-0.3, -0.25) is 14.7 Å². The van der Waals surface area contributed by atoms with Crippen LogP contribution in [0.2, 0.25) is 0 Å². The van der Waals surface area contributed by atoms with Crippen LogP contribution in [0.1, 0.15) is 12.0 Å². The van der Waals surface area contributed by atoms with E-state index in [2.05, 4.69) is 34.1 Å². The number of aromatic nitrogens is 1. The van der Waals surface area contributed by atoms with E-state index in [-0.39, 0.29) is 5.92 Å². The van der Waals surface area contributed by atoms with Crippen molar-refractivity contribution in [1.29, 1.82) is 0 Å². The molecule has 0 radical (unpaired) electrons. The van der Waals surface area contributed by atoms with Gasteiger partial charge < -0.3 is 9.84 Å². The molecule has 0 aliphatic carbocycles. The Morgan fingerprint density at radius 1 is 1.28 bits per heavy atom. The maximum atomic E-state index is 11.8. The number of hydrogen-bond donors (Lipinski definition) is 1. The lowest BCUT2D eigenvalue weighted by atomic mass is 9.76. The molecule has 2 aliphatic heterocycles. The van der Waals surface area contributed by atoms with Crippen molar-refractivity contribution in [2.24, 2.45) is 11.3 Å². The van der Waals surface area contributed by atoms with Crippen molar-refractivity contribution in [2.45, 2.75) is 13.0 Å². The van der Waals surface area contributed by atoms with Crippen molar-refractivity contribution in [3.8, 4) is 11.1 Å². The molecule has 130 valence electrons. The number of aliphatic carboxylic acids is 1. The highest BCUT2D eigenvalue weighted by Crippen LogP contribution is 2.42. The van der Waals surface area contributed by atoms with Crippen LogP contribution >= 0.6 is 0 Å². The van der Waals surface area contributed by atoms with Crippen LogP contribution in [0.15, 0.2) is 48.8 Å². The van der Waals surface area contributed by atoms with E-state index in [1.54, 1.807) is 6.20 Å². The standard InChI is InChI=1S/C20H22N2O3/c23-19(24)20-13-22(12-18(20)7-9-25-14-20)11-15-3-5-16(6-4-15)17-2-1-8-21-10-17/h1-6,8,10,18H,7,9,11-14H2,(H,23,24)/t18-,20+/m0/s1. The quantitative estimate of drug-likeness (QED) is 0.929. The van der Waals surface area contributed by atoms with E-state index >= 15 is 0 Å². The fourth-order valence-electron chi connectivity index (χ4n) is 4.11. The number of rotatable bonds is 4. The van der Waals surface area contributed by atoms with Gasteiger partial charge in [-0.05, 0) is 35.1 Å². The van der Waals surface area contributed by atoms with E-state index in [9.17, 15) is 9.90 Å². The molecule has 25 heavy (non-hydrogen) atoms. The number of carboxylic acids is 1. The van der Waals surface area contributed by atoms with Gasteiger partial charge in [-0.25, -0.2) is 0 Å². The minimum atomic E-state index is -0.728. The lowest BCUT2D eigenvalue weighted by Gasteiger charge is -2.34. The molecular formula is C20H22N2O3. The summed E-state index contributed by atoms with van der Waals surface area (Å²) in [6.07, 6.45) is 4.46. The molecule has 3 heterocycles. The van der Waals surface area contributed by atoms with Gasteiger partial charge in [0.15, 0.2) is 0 Å². The number of likely N-dealkylation sites (tertiary alicyclic amines) is 1. The van der Waals surface area contributed by atoms with Gasteiger partial charge in [-0.1, -0.05) is 30.3 Å². The predicted molar refractivity (Wildman–Crippen MR) is 93.9 cm³/mol. The van der Waals surface area contributed by atoms with Crippen molar-refractivity contribution >= 4 is 5.97 Å². The number of pyridine rings is 1. The fourth-order valence-corrected chi connectivity index (χ4v) is 4.11. The SMILES string of the molecule is O=C(O)[C@]12COCC[C@H]1CN(Cc1ccc(-c3cccnc3)cc1)C2. The number of benzene rings is 1. The first-order valence-corrected chi connectivity index (χ1v) is 8.70. The molecule has 2 saturated heterocycles. The Morgan fingerprint density at radius 2 is 2.12 bits per heavy atom. The number of fused-ring (bicyclic) bond motifs is 1. The Balaban J connectivity index is 1.47. The molecule has 2 atom stereocenters. The topological polar surface area (TPSA) is 62.7 Å². The highest BCUT2D eigenvalue weighted by Gasteiger charge is 2.53. The zero-order chi connectivity index (χ0) is 17.3. The number of nitrogens with zero attached hydrogens (tertiary/aromatic N) is 2.